The van der Waals surface area contributed by atoms with Crippen LogP contribution in [0.15, 0.2) is 42.5 Å². The second kappa shape index (κ2) is 6.83. The molecule has 0 saturated carbocycles. The molecule has 0 radical (unpaired) electrons. The van der Waals surface area contributed by atoms with Crippen LogP contribution in [0.4, 0.5) is 21.9 Å². The van der Waals surface area contributed by atoms with Crippen molar-refractivity contribution in [1.29, 1.82) is 0 Å². The molecule has 2 aromatic rings. The van der Waals surface area contributed by atoms with Gasteiger partial charge in [-0.1, -0.05) is 18.2 Å². The lowest BCUT2D eigenvalue weighted by atomic mass is 9.79. The van der Waals surface area contributed by atoms with E-state index >= 15 is 0 Å². The number of nitrogens with zero attached hydrogens (tertiary/aromatic N) is 2. The molecule has 0 spiro atoms. The molecule has 0 aromatic heterocycles. The van der Waals surface area contributed by atoms with Gasteiger partial charge in [-0.2, -0.15) is 0 Å². The third kappa shape index (κ3) is 3.72. The number of rotatable bonds is 2. The average Bonchev–Trinajstić information content (AvgIpc) is 2.95. The van der Waals surface area contributed by atoms with Gasteiger partial charge in [0.05, 0.1) is 18.9 Å². The number of ether oxygens (including phenoxy) is 1. The van der Waals surface area contributed by atoms with Gasteiger partial charge in [0.25, 0.3) is 0 Å². The fraction of sp³-hybridized carbons (Fsp3) is 0.263. The molecule has 132 valence electrons. The van der Waals surface area contributed by atoms with Gasteiger partial charge >= 0.3 is 13.2 Å². The summed E-state index contributed by atoms with van der Waals surface area (Å²) < 4.78 is 10.8. The van der Waals surface area contributed by atoms with Crippen molar-refractivity contribution in [3.05, 3.63) is 59.4 Å². The maximum Gasteiger partial charge on any atom is 0.491 e. The van der Waals surface area contributed by atoms with Crippen LogP contribution in [0.3, 0.4) is 0 Å². The second-order valence-corrected chi connectivity index (χ2v) is 6.99. The largest absolute Gasteiger partial charge is 0.491 e. The Morgan fingerprint density at radius 1 is 1.23 bits per heavy atom. The van der Waals surface area contributed by atoms with Crippen molar-refractivity contribution in [2.24, 2.45) is 0 Å². The number of carbonyl (C=O) groups is 1. The third-order valence-corrected chi connectivity index (χ3v) is 3.86. The Labute approximate surface area is 152 Å². The van der Waals surface area contributed by atoms with Gasteiger partial charge < -0.3 is 14.4 Å². The van der Waals surface area contributed by atoms with Crippen LogP contribution >= 0.6 is 0 Å². The summed E-state index contributed by atoms with van der Waals surface area (Å²) in [5.41, 5.74) is 2.55. The van der Waals surface area contributed by atoms with E-state index < -0.39 is 18.8 Å². The van der Waals surface area contributed by atoms with Gasteiger partial charge in [0.15, 0.2) is 5.69 Å². The number of anilines is 2. The number of benzene rings is 2. The Kier molecular flexibility index (Phi) is 4.72. The summed E-state index contributed by atoms with van der Waals surface area (Å²) in [6.45, 7) is 12.8. The van der Waals surface area contributed by atoms with E-state index in [9.17, 15) is 9.82 Å². The van der Waals surface area contributed by atoms with Crippen LogP contribution in [-0.4, -0.2) is 23.8 Å². The standard InChI is InChI=1S/C19H19BN2O4/c1-19(2,3)26-18(23)22(15-7-5-14(21-4)6-8-15)16-9-10-17-13(11-16)12-25-20(17)24/h5-11,24H,12H2,1-3H3. The second-order valence-electron chi connectivity index (χ2n) is 6.99. The predicted molar refractivity (Wildman–Crippen MR) is 99.9 cm³/mol. The molecule has 6 nitrogen and oxygen atoms in total. The topological polar surface area (TPSA) is 63.4 Å². The first-order valence-electron chi connectivity index (χ1n) is 8.21. The molecule has 1 heterocycles. The first-order chi connectivity index (χ1) is 12.3. The Hall–Kier alpha value is -2.82. The first kappa shape index (κ1) is 18.0. The summed E-state index contributed by atoms with van der Waals surface area (Å²) >= 11 is 0. The summed E-state index contributed by atoms with van der Waals surface area (Å²) in [5.74, 6) is 0. The lowest BCUT2D eigenvalue weighted by molar-refractivity contribution is 0.0599. The highest BCUT2D eigenvalue weighted by atomic mass is 16.6. The molecule has 0 aliphatic carbocycles. The molecule has 1 amide bonds. The summed E-state index contributed by atoms with van der Waals surface area (Å²) in [6.07, 6.45) is -0.521. The minimum atomic E-state index is -0.938. The maximum absolute atomic E-state index is 12.8. The van der Waals surface area contributed by atoms with Gasteiger partial charge in [0.2, 0.25) is 0 Å². The Balaban J connectivity index is 2.03. The van der Waals surface area contributed by atoms with Crippen LogP contribution < -0.4 is 10.4 Å². The molecule has 0 saturated heterocycles. The van der Waals surface area contributed by atoms with Crippen molar-refractivity contribution in [2.75, 3.05) is 4.90 Å². The number of amides is 1. The van der Waals surface area contributed by atoms with Crippen molar-refractivity contribution in [1.82, 2.24) is 0 Å². The minimum Gasteiger partial charge on any atom is -0.443 e. The SMILES string of the molecule is [C-]#[N+]c1ccc(N(C(=O)OC(C)(C)C)c2ccc3c(c2)COB3O)cc1. The third-order valence-electron chi connectivity index (χ3n) is 3.86. The first-order valence-corrected chi connectivity index (χ1v) is 8.21. The fourth-order valence-electron chi connectivity index (χ4n) is 2.70. The van der Waals surface area contributed by atoms with Gasteiger partial charge in [-0.3, -0.25) is 0 Å². The molecule has 1 N–H and O–H groups in total. The van der Waals surface area contributed by atoms with Gasteiger partial charge in [0, 0.05) is 5.69 Å². The fourth-order valence-corrected chi connectivity index (χ4v) is 2.70. The zero-order chi connectivity index (χ0) is 18.9. The van der Waals surface area contributed by atoms with Crippen molar-refractivity contribution in [2.45, 2.75) is 33.0 Å². The van der Waals surface area contributed by atoms with Crippen LogP contribution in [0.2, 0.25) is 0 Å². The molecule has 7 heteroatoms. The van der Waals surface area contributed by atoms with E-state index in [2.05, 4.69) is 4.85 Å². The monoisotopic (exact) mass is 350 g/mol. The van der Waals surface area contributed by atoms with Gasteiger partial charge in [-0.25, -0.2) is 14.5 Å². The molecule has 0 unspecified atom stereocenters. The molecule has 1 aliphatic heterocycles. The number of fused-ring (bicyclic) bond motifs is 1. The lowest BCUT2D eigenvalue weighted by Gasteiger charge is -2.28. The Bertz CT molecular complexity index is 869. The molecule has 2 aromatic carbocycles. The molecular formula is C19H19BN2O4. The van der Waals surface area contributed by atoms with Crippen molar-refractivity contribution < 1.29 is 19.2 Å². The minimum absolute atomic E-state index is 0.281. The van der Waals surface area contributed by atoms with Gasteiger partial charge in [-0.15, -0.1) is 0 Å². The quantitative estimate of drug-likeness (QED) is 0.665. The molecular weight excluding hydrogens is 331 g/mol. The highest BCUT2D eigenvalue weighted by Crippen LogP contribution is 2.30. The normalized spacial score (nSPS) is 13.1. The van der Waals surface area contributed by atoms with Gasteiger partial charge in [0.1, 0.15) is 5.60 Å². The summed E-state index contributed by atoms with van der Waals surface area (Å²) in [6, 6.07) is 12.0. The van der Waals surface area contributed by atoms with Crippen LogP contribution in [0.1, 0.15) is 26.3 Å². The lowest BCUT2D eigenvalue weighted by Crippen LogP contribution is -2.34. The van der Waals surface area contributed by atoms with Crippen LogP contribution in [0, 0.1) is 6.57 Å². The molecule has 0 atom stereocenters. The number of hydrogen-bond acceptors (Lipinski definition) is 4. The van der Waals surface area contributed by atoms with E-state index in [-0.39, 0.29) is 6.61 Å². The van der Waals surface area contributed by atoms with E-state index in [1.165, 1.54) is 4.90 Å². The van der Waals surface area contributed by atoms with E-state index in [0.717, 1.165) is 5.56 Å². The summed E-state index contributed by atoms with van der Waals surface area (Å²) in [4.78, 5) is 17.7. The zero-order valence-electron chi connectivity index (χ0n) is 14.9. The molecule has 0 bridgehead atoms. The number of carbonyl (C=O) groups excluding carboxylic acids is 1. The van der Waals surface area contributed by atoms with E-state index in [4.69, 9.17) is 16.0 Å². The molecule has 3 rings (SSSR count). The Morgan fingerprint density at radius 2 is 1.88 bits per heavy atom. The van der Waals surface area contributed by atoms with Crippen molar-refractivity contribution >= 4 is 35.7 Å². The smallest absolute Gasteiger partial charge is 0.443 e. The van der Waals surface area contributed by atoms with E-state index in [0.29, 0.717) is 22.5 Å². The molecule has 26 heavy (non-hydrogen) atoms. The highest BCUT2D eigenvalue weighted by Gasteiger charge is 2.30. The van der Waals surface area contributed by atoms with E-state index in [1.54, 1.807) is 63.2 Å². The van der Waals surface area contributed by atoms with Crippen LogP contribution in [-0.2, 0) is 16.0 Å². The van der Waals surface area contributed by atoms with Crippen LogP contribution in [0.5, 0.6) is 0 Å². The summed E-state index contributed by atoms with van der Waals surface area (Å²) in [5, 5.41) is 9.79. The van der Waals surface area contributed by atoms with Gasteiger partial charge in [-0.05, 0) is 56.1 Å². The van der Waals surface area contributed by atoms with Crippen LogP contribution in [0.25, 0.3) is 4.85 Å². The zero-order valence-corrected chi connectivity index (χ0v) is 14.9. The predicted octanol–water partition coefficient (Wildman–Crippen LogP) is 3.53. The summed E-state index contributed by atoms with van der Waals surface area (Å²) in [7, 11) is -0.938. The molecule has 0 fully saturated rings. The number of hydrogen-bond donors (Lipinski definition) is 1. The maximum atomic E-state index is 12.8. The van der Waals surface area contributed by atoms with E-state index in [1.807, 2.05) is 0 Å². The molecule has 1 aliphatic rings. The highest BCUT2D eigenvalue weighted by molar-refractivity contribution is 6.61. The average molecular weight is 350 g/mol. The van der Waals surface area contributed by atoms with Crippen molar-refractivity contribution in [3.63, 3.8) is 0 Å². The Morgan fingerprint density at radius 3 is 2.50 bits per heavy atom. The van der Waals surface area contributed by atoms with Crippen molar-refractivity contribution in [3.8, 4) is 0 Å².